The molecule has 0 spiro atoms. The van der Waals surface area contributed by atoms with Crippen molar-refractivity contribution >= 4 is 9.84 Å². The number of rotatable bonds is 7. The van der Waals surface area contributed by atoms with Crippen molar-refractivity contribution in [3.63, 3.8) is 0 Å². The van der Waals surface area contributed by atoms with Gasteiger partial charge in [-0.05, 0) is 13.0 Å². The highest BCUT2D eigenvalue weighted by molar-refractivity contribution is 7.90. The summed E-state index contributed by atoms with van der Waals surface area (Å²) >= 11 is 0. The Kier molecular flexibility index (Phi) is 4.95. The van der Waals surface area contributed by atoms with Crippen molar-refractivity contribution in [2.75, 3.05) is 18.6 Å². The van der Waals surface area contributed by atoms with Crippen molar-refractivity contribution in [2.24, 2.45) is 0 Å². The van der Waals surface area contributed by atoms with Crippen molar-refractivity contribution in [1.29, 1.82) is 0 Å². The summed E-state index contributed by atoms with van der Waals surface area (Å²) in [5.74, 6) is 0.230. The summed E-state index contributed by atoms with van der Waals surface area (Å²) in [6.45, 7) is 4.42. The molecule has 0 radical (unpaired) electrons. The second-order valence-corrected chi connectivity index (χ2v) is 6.13. The Morgan fingerprint density at radius 3 is 2.88 bits per heavy atom. The number of hydrogen-bond donors (Lipinski definition) is 1. The fourth-order valence-electron chi connectivity index (χ4n) is 1.38. The van der Waals surface area contributed by atoms with Gasteiger partial charge in [0, 0.05) is 25.5 Å². The summed E-state index contributed by atoms with van der Waals surface area (Å²) < 4.78 is 23.8. The van der Waals surface area contributed by atoms with Crippen LogP contribution in [0.1, 0.15) is 19.0 Å². The van der Waals surface area contributed by atoms with Gasteiger partial charge in [0.25, 0.3) is 0 Å². The molecular formula is C10H19N3O2S. The quantitative estimate of drug-likeness (QED) is 0.756. The van der Waals surface area contributed by atoms with Crippen molar-refractivity contribution in [2.45, 2.75) is 26.4 Å². The Bertz CT molecular complexity index is 411. The van der Waals surface area contributed by atoms with Gasteiger partial charge in [-0.15, -0.1) is 0 Å². The molecule has 1 aromatic heterocycles. The molecule has 1 heterocycles. The van der Waals surface area contributed by atoms with E-state index in [4.69, 9.17) is 0 Å². The molecule has 0 saturated heterocycles. The highest BCUT2D eigenvalue weighted by Crippen LogP contribution is 1.99. The van der Waals surface area contributed by atoms with E-state index in [9.17, 15) is 8.42 Å². The van der Waals surface area contributed by atoms with E-state index in [1.54, 1.807) is 6.33 Å². The van der Waals surface area contributed by atoms with Crippen LogP contribution in [-0.2, 0) is 22.9 Å². The van der Waals surface area contributed by atoms with Crippen LogP contribution in [0, 0.1) is 0 Å². The third-order valence-corrected chi connectivity index (χ3v) is 3.20. The van der Waals surface area contributed by atoms with Crippen LogP contribution < -0.4 is 5.32 Å². The monoisotopic (exact) mass is 245 g/mol. The molecule has 0 aliphatic rings. The lowest BCUT2D eigenvalue weighted by Gasteiger charge is -2.00. The molecule has 16 heavy (non-hydrogen) atoms. The van der Waals surface area contributed by atoms with Gasteiger partial charge in [0.15, 0.2) is 0 Å². The molecule has 92 valence electrons. The van der Waals surface area contributed by atoms with E-state index < -0.39 is 9.84 Å². The van der Waals surface area contributed by atoms with Crippen LogP contribution in [0.4, 0.5) is 0 Å². The molecule has 0 fully saturated rings. The van der Waals surface area contributed by atoms with Gasteiger partial charge in [0.05, 0.1) is 17.8 Å². The van der Waals surface area contributed by atoms with E-state index in [0.717, 1.165) is 18.8 Å². The minimum absolute atomic E-state index is 0.230. The topological polar surface area (TPSA) is 64.0 Å². The average molecular weight is 245 g/mol. The average Bonchev–Trinajstić information content (AvgIpc) is 2.61. The van der Waals surface area contributed by atoms with Crippen molar-refractivity contribution in [1.82, 2.24) is 14.9 Å². The van der Waals surface area contributed by atoms with Crippen molar-refractivity contribution in [3.8, 4) is 0 Å². The van der Waals surface area contributed by atoms with Crippen LogP contribution in [0.3, 0.4) is 0 Å². The molecule has 0 saturated carbocycles. The predicted molar refractivity (Wildman–Crippen MR) is 63.9 cm³/mol. The Balaban J connectivity index is 2.35. The lowest BCUT2D eigenvalue weighted by molar-refractivity contribution is 0.592. The first kappa shape index (κ1) is 13.2. The minimum atomic E-state index is -2.85. The molecule has 0 unspecified atom stereocenters. The van der Waals surface area contributed by atoms with Crippen LogP contribution in [0.2, 0.25) is 0 Å². The molecule has 1 N–H and O–H groups in total. The number of nitrogens with zero attached hydrogens (tertiary/aromatic N) is 2. The van der Waals surface area contributed by atoms with Gasteiger partial charge in [-0.3, -0.25) is 0 Å². The molecule has 6 heteroatoms. The maximum Gasteiger partial charge on any atom is 0.147 e. The number of aryl methyl sites for hydroxylation is 1. The van der Waals surface area contributed by atoms with Crippen LogP contribution in [-0.4, -0.2) is 36.5 Å². The fourth-order valence-corrected chi connectivity index (χ4v) is 2.04. The smallest absolute Gasteiger partial charge is 0.147 e. The predicted octanol–water partition coefficient (Wildman–Crippen LogP) is 0.427. The largest absolute Gasteiger partial charge is 0.337 e. The maximum atomic E-state index is 10.9. The summed E-state index contributed by atoms with van der Waals surface area (Å²) in [5.41, 5.74) is 0.987. The molecule has 0 aliphatic carbocycles. The number of aromatic nitrogens is 2. The molecule has 0 aromatic carbocycles. The summed E-state index contributed by atoms with van der Waals surface area (Å²) in [5, 5.41) is 3.19. The van der Waals surface area contributed by atoms with Gasteiger partial charge in [-0.2, -0.15) is 0 Å². The molecular weight excluding hydrogens is 226 g/mol. The van der Waals surface area contributed by atoms with E-state index in [-0.39, 0.29) is 5.75 Å². The molecule has 5 nitrogen and oxygen atoms in total. The van der Waals surface area contributed by atoms with E-state index in [1.165, 1.54) is 6.26 Å². The van der Waals surface area contributed by atoms with Crippen LogP contribution in [0.15, 0.2) is 12.5 Å². The van der Waals surface area contributed by atoms with Gasteiger partial charge < -0.3 is 9.88 Å². The third-order valence-electron chi connectivity index (χ3n) is 2.17. The van der Waals surface area contributed by atoms with Gasteiger partial charge in [-0.25, -0.2) is 13.4 Å². The molecule has 1 rings (SSSR count). The van der Waals surface area contributed by atoms with Gasteiger partial charge >= 0.3 is 0 Å². The van der Waals surface area contributed by atoms with Crippen molar-refractivity contribution < 1.29 is 8.42 Å². The second-order valence-electron chi connectivity index (χ2n) is 3.87. The number of imidazole rings is 1. The second kappa shape index (κ2) is 6.00. The molecule has 0 bridgehead atoms. The summed E-state index contributed by atoms with van der Waals surface area (Å²) in [7, 11) is -2.85. The number of nitrogens with one attached hydrogen (secondary N) is 1. The first-order chi connectivity index (χ1) is 7.51. The molecule has 1 aromatic rings. The van der Waals surface area contributed by atoms with Gasteiger partial charge in [0.1, 0.15) is 9.84 Å². The summed E-state index contributed by atoms with van der Waals surface area (Å²) in [4.78, 5) is 4.22. The SMILES string of the molecule is CCNCc1cn(CCCS(C)(=O)=O)cn1. The zero-order chi connectivity index (χ0) is 12.0. The Morgan fingerprint density at radius 2 is 2.25 bits per heavy atom. The third kappa shape index (κ3) is 5.27. The van der Waals surface area contributed by atoms with Gasteiger partial charge in [0.2, 0.25) is 0 Å². The standard InChI is InChI=1S/C10H19N3O2S/c1-3-11-7-10-8-13(9-12-10)5-4-6-16(2,14)15/h8-9,11H,3-7H2,1-2H3. The zero-order valence-corrected chi connectivity index (χ0v) is 10.6. The Hall–Kier alpha value is -0.880. The molecule has 0 atom stereocenters. The minimum Gasteiger partial charge on any atom is -0.337 e. The maximum absolute atomic E-state index is 10.9. The normalized spacial score (nSPS) is 11.9. The van der Waals surface area contributed by atoms with Crippen LogP contribution in [0.25, 0.3) is 0 Å². The summed E-state index contributed by atoms with van der Waals surface area (Å²) in [6, 6.07) is 0. The van der Waals surface area contributed by atoms with E-state index in [2.05, 4.69) is 10.3 Å². The fraction of sp³-hybridized carbons (Fsp3) is 0.700. The van der Waals surface area contributed by atoms with Crippen molar-refractivity contribution in [3.05, 3.63) is 18.2 Å². The van der Waals surface area contributed by atoms with Crippen LogP contribution in [0.5, 0.6) is 0 Å². The van der Waals surface area contributed by atoms with Crippen LogP contribution >= 0.6 is 0 Å². The van der Waals surface area contributed by atoms with E-state index in [0.29, 0.717) is 13.0 Å². The highest BCUT2D eigenvalue weighted by atomic mass is 32.2. The lowest BCUT2D eigenvalue weighted by Crippen LogP contribution is -2.11. The molecule has 0 amide bonds. The molecule has 0 aliphatic heterocycles. The lowest BCUT2D eigenvalue weighted by atomic mass is 10.4. The highest BCUT2D eigenvalue weighted by Gasteiger charge is 2.02. The van der Waals surface area contributed by atoms with E-state index >= 15 is 0 Å². The summed E-state index contributed by atoms with van der Waals surface area (Å²) in [6.07, 6.45) is 5.59. The number of sulfone groups is 1. The van der Waals surface area contributed by atoms with Gasteiger partial charge in [-0.1, -0.05) is 6.92 Å². The number of hydrogen-bond acceptors (Lipinski definition) is 4. The zero-order valence-electron chi connectivity index (χ0n) is 9.81. The Labute approximate surface area is 96.8 Å². The first-order valence-corrected chi connectivity index (χ1v) is 7.46. The van der Waals surface area contributed by atoms with E-state index in [1.807, 2.05) is 17.7 Å². The first-order valence-electron chi connectivity index (χ1n) is 5.40. The Morgan fingerprint density at radius 1 is 1.50 bits per heavy atom.